The zero-order chi connectivity index (χ0) is 17.2. The molecule has 3 nitrogen and oxygen atoms in total. The second-order valence-corrected chi connectivity index (χ2v) is 8.82. The van der Waals surface area contributed by atoms with E-state index >= 15 is 0 Å². The van der Waals surface area contributed by atoms with E-state index in [1.165, 1.54) is 18.4 Å². The molecule has 0 radical (unpaired) electrons. The van der Waals surface area contributed by atoms with Gasteiger partial charge in [0.2, 0.25) is 0 Å². The highest BCUT2D eigenvalue weighted by atomic mass is 16.5. The zero-order valence-electron chi connectivity index (χ0n) is 15.3. The summed E-state index contributed by atoms with van der Waals surface area (Å²) >= 11 is 0. The Bertz CT molecular complexity index is 726. The van der Waals surface area contributed by atoms with E-state index in [9.17, 15) is 4.79 Å². The molecule has 1 heterocycles. The van der Waals surface area contributed by atoms with E-state index in [4.69, 9.17) is 9.47 Å². The van der Waals surface area contributed by atoms with E-state index in [-0.39, 0.29) is 5.41 Å². The fourth-order valence-electron chi connectivity index (χ4n) is 6.98. The molecule has 0 amide bonds. The summed E-state index contributed by atoms with van der Waals surface area (Å²) in [6.45, 7) is 3.01. The number of carbonyl (C=O) groups is 1. The molecule has 134 valence electrons. The minimum atomic E-state index is -0.456. The minimum Gasteiger partial charge on any atom is -0.497 e. The van der Waals surface area contributed by atoms with Crippen molar-refractivity contribution in [3.63, 3.8) is 0 Å². The Morgan fingerprint density at radius 3 is 2.80 bits per heavy atom. The van der Waals surface area contributed by atoms with Gasteiger partial charge in [-0.05, 0) is 79.5 Å². The lowest BCUT2D eigenvalue weighted by atomic mass is 9.53. The molecule has 5 rings (SSSR count). The Hall–Kier alpha value is -1.35. The highest BCUT2D eigenvalue weighted by molar-refractivity contribution is 5.90. The Kier molecular flexibility index (Phi) is 3.38. The summed E-state index contributed by atoms with van der Waals surface area (Å²) in [6.07, 6.45) is 7.43. The lowest BCUT2D eigenvalue weighted by Gasteiger charge is -2.53. The number of aryl methyl sites for hydroxylation is 1. The Morgan fingerprint density at radius 2 is 2.04 bits per heavy atom. The van der Waals surface area contributed by atoms with Crippen molar-refractivity contribution in [1.29, 1.82) is 0 Å². The molecule has 3 heteroatoms. The van der Waals surface area contributed by atoms with Crippen LogP contribution in [0.25, 0.3) is 0 Å². The monoisotopic (exact) mass is 340 g/mol. The quantitative estimate of drug-likeness (QED) is 0.765. The fourth-order valence-corrected chi connectivity index (χ4v) is 6.98. The van der Waals surface area contributed by atoms with Crippen molar-refractivity contribution in [3.8, 4) is 5.75 Å². The van der Waals surface area contributed by atoms with Crippen molar-refractivity contribution < 1.29 is 14.3 Å². The van der Waals surface area contributed by atoms with E-state index in [0.29, 0.717) is 36.6 Å². The van der Waals surface area contributed by atoms with Crippen LogP contribution in [0.1, 0.15) is 62.5 Å². The van der Waals surface area contributed by atoms with Crippen LogP contribution in [0.2, 0.25) is 0 Å². The van der Waals surface area contributed by atoms with Gasteiger partial charge in [0.15, 0.2) is 5.78 Å². The maximum absolute atomic E-state index is 12.7. The van der Waals surface area contributed by atoms with Crippen LogP contribution in [0, 0.1) is 17.3 Å². The summed E-state index contributed by atoms with van der Waals surface area (Å²) < 4.78 is 11.6. The van der Waals surface area contributed by atoms with E-state index in [2.05, 4.69) is 25.1 Å². The number of benzene rings is 1. The number of ether oxygens (including phenoxy) is 2. The maximum Gasteiger partial charge on any atom is 0.167 e. The summed E-state index contributed by atoms with van der Waals surface area (Å²) in [7, 11) is 1.75. The van der Waals surface area contributed by atoms with Gasteiger partial charge < -0.3 is 9.47 Å². The number of Topliss-reactive ketones (excluding diaryl/α,β-unsaturated/α-hetero) is 1. The second-order valence-electron chi connectivity index (χ2n) is 8.82. The molecule has 2 saturated carbocycles. The summed E-state index contributed by atoms with van der Waals surface area (Å²) in [5.41, 5.74) is 2.61. The summed E-state index contributed by atoms with van der Waals surface area (Å²) in [5.74, 6) is 3.35. The first-order chi connectivity index (χ1) is 12.1. The van der Waals surface area contributed by atoms with Gasteiger partial charge in [-0.2, -0.15) is 0 Å². The Labute approximate surface area is 150 Å². The van der Waals surface area contributed by atoms with Crippen LogP contribution in [0.15, 0.2) is 18.2 Å². The number of methoxy groups -OCH3 is 1. The third-order valence-corrected chi connectivity index (χ3v) is 8.18. The highest BCUT2D eigenvalue weighted by Crippen LogP contribution is 2.66. The Morgan fingerprint density at radius 1 is 1.16 bits per heavy atom. The first kappa shape index (κ1) is 15.9. The van der Waals surface area contributed by atoms with Crippen LogP contribution >= 0.6 is 0 Å². The largest absolute Gasteiger partial charge is 0.497 e. The maximum atomic E-state index is 12.7. The summed E-state index contributed by atoms with van der Waals surface area (Å²) in [4.78, 5) is 12.7. The van der Waals surface area contributed by atoms with Gasteiger partial charge in [-0.15, -0.1) is 0 Å². The number of hydrogen-bond acceptors (Lipinski definition) is 3. The fraction of sp³-hybridized carbons (Fsp3) is 0.682. The molecule has 25 heavy (non-hydrogen) atoms. The average Bonchev–Trinajstić information content (AvgIpc) is 3.16. The van der Waals surface area contributed by atoms with Crippen molar-refractivity contribution in [2.45, 2.75) is 63.4 Å². The molecule has 5 atom stereocenters. The number of hydrogen-bond donors (Lipinski definition) is 0. The van der Waals surface area contributed by atoms with Crippen LogP contribution in [0.4, 0.5) is 0 Å². The predicted octanol–water partition coefficient (Wildman–Crippen LogP) is 4.28. The van der Waals surface area contributed by atoms with Gasteiger partial charge in [-0.1, -0.05) is 13.0 Å². The molecule has 0 N–H and O–H groups in total. The molecule has 0 unspecified atom stereocenters. The van der Waals surface area contributed by atoms with E-state index in [1.54, 1.807) is 12.7 Å². The second kappa shape index (κ2) is 5.33. The van der Waals surface area contributed by atoms with Gasteiger partial charge in [0, 0.05) is 11.8 Å². The lowest BCUT2D eigenvalue weighted by molar-refractivity contribution is -0.152. The summed E-state index contributed by atoms with van der Waals surface area (Å²) in [6, 6.07) is 6.66. The topological polar surface area (TPSA) is 35.5 Å². The SMILES string of the molecule is COc1ccc2c(c1)CC[C@@H]1[C@@H]2CC[C@@]2(C)[C@H]1CC[C@]21OCCC1=O. The molecule has 1 saturated heterocycles. The number of ketones is 1. The van der Waals surface area contributed by atoms with Gasteiger partial charge >= 0.3 is 0 Å². The van der Waals surface area contributed by atoms with Gasteiger partial charge in [-0.3, -0.25) is 4.79 Å². The van der Waals surface area contributed by atoms with Crippen molar-refractivity contribution >= 4 is 5.78 Å². The standard InChI is InChI=1S/C22H28O3/c1-21-10-7-17-16-6-4-15(24-2)13-14(16)3-5-18(17)19(21)8-11-22(21)20(23)9-12-25-22/h4,6,13,17-19H,3,5,7-12H2,1-2H3/t17-,18-,19+,21+,22-/m1/s1. The molecule has 1 spiro atoms. The molecule has 3 fully saturated rings. The molecular formula is C22H28O3. The van der Waals surface area contributed by atoms with Crippen LogP contribution < -0.4 is 4.74 Å². The van der Waals surface area contributed by atoms with Crippen LogP contribution in [0.5, 0.6) is 5.75 Å². The third kappa shape index (κ3) is 1.94. The Balaban J connectivity index is 1.50. The first-order valence-electron chi connectivity index (χ1n) is 9.93. The molecule has 1 aliphatic heterocycles. The molecule has 1 aromatic carbocycles. The molecule has 4 aliphatic rings. The predicted molar refractivity (Wildman–Crippen MR) is 95.9 cm³/mol. The number of rotatable bonds is 1. The van der Waals surface area contributed by atoms with Crippen molar-refractivity contribution in [3.05, 3.63) is 29.3 Å². The normalized spacial score (nSPS) is 42.2. The summed E-state index contributed by atoms with van der Waals surface area (Å²) in [5, 5.41) is 0. The zero-order valence-corrected chi connectivity index (χ0v) is 15.3. The number of fused-ring (bicyclic) bond motifs is 6. The smallest absolute Gasteiger partial charge is 0.167 e. The molecule has 1 aromatic rings. The average molecular weight is 340 g/mol. The van der Waals surface area contributed by atoms with Crippen LogP contribution in [-0.2, 0) is 16.0 Å². The van der Waals surface area contributed by atoms with Crippen LogP contribution in [-0.4, -0.2) is 25.1 Å². The third-order valence-electron chi connectivity index (χ3n) is 8.18. The van der Waals surface area contributed by atoms with Gasteiger partial charge in [-0.25, -0.2) is 0 Å². The molecular weight excluding hydrogens is 312 g/mol. The number of carbonyl (C=O) groups excluding carboxylic acids is 1. The van der Waals surface area contributed by atoms with Crippen molar-refractivity contribution in [2.24, 2.45) is 17.3 Å². The van der Waals surface area contributed by atoms with Crippen molar-refractivity contribution in [2.75, 3.05) is 13.7 Å². The van der Waals surface area contributed by atoms with Gasteiger partial charge in [0.1, 0.15) is 11.4 Å². The van der Waals surface area contributed by atoms with E-state index < -0.39 is 5.60 Å². The first-order valence-corrected chi connectivity index (χ1v) is 9.93. The lowest BCUT2D eigenvalue weighted by Crippen LogP contribution is -2.53. The molecule has 0 aromatic heterocycles. The van der Waals surface area contributed by atoms with Gasteiger partial charge in [0.05, 0.1) is 13.7 Å². The van der Waals surface area contributed by atoms with E-state index in [0.717, 1.165) is 31.4 Å². The van der Waals surface area contributed by atoms with E-state index in [1.807, 2.05) is 0 Å². The van der Waals surface area contributed by atoms with Crippen molar-refractivity contribution in [1.82, 2.24) is 0 Å². The van der Waals surface area contributed by atoms with Crippen LogP contribution in [0.3, 0.4) is 0 Å². The molecule has 3 aliphatic carbocycles. The minimum absolute atomic E-state index is 0.0473. The van der Waals surface area contributed by atoms with Gasteiger partial charge in [0.25, 0.3) is 0 Å². The highest BCUT2D eigenvalue weighted by Gasteiger charge is 2.66. The molecule has 0 bridgehead atoms.